The summed E-state index contributed by atoms with van der Waals surface area (Å²) in [6.07, 6.45) is 11.2. The third-order valence-electron chi connectivity index (χ3n) is 3.73. The number of fused-ring (bicyclic) bond motifs is 1. The van der Waals surface area contributed by atoms with Crippen LogP contribution in [-0.2, 0) is 11.3 Å². The molecule has 1 aliphatic rings. The summed E-state index contributed by atoms with van der Waals surface area (Å²) in [6, 6.07) is 5.50. The second-order valence-corrected chi connectivity index (χ2v) is 5.42. The number of phenols is 1. The summed E-state index contributed by atoms with van der Waals surface area (Å²) in [7, 11) is 0. The van der Waals surface area contributed by atoms with E-state index in [2.05, 4.69) is 6.92 Å². The van der Waals surface area contributed by atoms with E-state index in [0.29, 0.717) is 18.8 Å². The number of aromatic hydroxyl groups is 1. The van der Waals surface area contributed by atoms with E-state index in [1.165, 1.54) is 0 Å². The molecular weight excluding hydrogens is 264 g/mol. The van der Waals surface area contributed by atoms with E-state index in [1.54, 1.807) is 6.07 Å². The monoisotopic (exact) mass is 288 g/mol. The Bertz CT molecular complexity index is 505. The minimum Gasteiger partial charge on any atom is -0.508 e. The Hall–Kier alpha value is -1.58. The van der Waals surface area contributed by atoms with Crippen molar-refractivity contribution in [2.75, 3.05) is 0 Å². The highest BCUT2D eigenvalue weighted by Gasteiger charge is 2.22. The summed E-state index contributed by atoms with van der Waals surface area (Å²) in [4.78, 5) is 0. The fraction of sp³-hybridized carbons (Fsp3) is 0.444. The molecule has 0 fully saturated rings. The third-order valence-corrected chi connectivity index (χ3v) is 3.73. The first kappa shape index (κ1) is 15.8. The van der Waals surface area contributed by atoms with Gasteiger partial charge < -0.3 is 14.9 Å². The van der Waals surface area contributed by atoms with Gasteiger partial charge in [-0.15, -0.1) is 0 Å². The number of unbranched alkanes of at least 4 members (excludes halogenated alkanes) is 1. The van der Waals surface area contributed by atoms with Crippen molar-refractivity contribution in [3.63, 3.8) is 0 Å². The van der Waals surface area contributed by atoms with Crippen molar-refractivity contribution >= 4 is 0 Å². The van der Waals surface area contributed by atoms with Crippen LogP contribution in [0.5, 0.6) is 5.75 Å². The topological polar surface area (TPSA) is 49.7 Å². The van der Waals surface area contributed by atoms with Gasteiger partial charge in [0.2, 0.25) is 0 Å². The van der Waals surface area contributed by atoms with Crippen LogP contribution in [-0.4, -0.2) is 16.3 Å². The van der Waals surface area contributed by atoms with E-state index in [4.69, 9.17) is 4.74 Å². The molecule has 114 valence electrons. The fourth-order valence-electron chi connectivity index (χ4n) is 2.47. The standard InChI is InChI=1S/C18H24O3/c1-2-3-8-14(19)9-5-4-6-12-18-15-10-7-11-17(20)16(15)13-21-18/h4-7,10-12,14,18-20H,2-3,8-9,13H2,1H3/b5-4+,12-6+. The van der Waals surface area contributed by atoms with Crippen molar-refractivity contribution in [1.29, 1.82) is 0 Å². The number of phenolic OH excluding ortho intramolecular Hbond substituents is 1. The molecule has 0 aliphatic carbocycles. The SMILES string of the molecule is CCCCC(O)C/C=C/C=C/C1OCc2c(O)cccc21. The van der Waals surface area contributed by atoms with Crippen molar-refractivity contribution in [3.8, 4) is 5.75 Å². The van der Waals surface area contributed by atoms with Crippen LogP contribution in [0.25, 0.3) is 0 Å². The van der Waals surface area contributed by atoms with Gasteiger partial charge in [-0.25, -0.2) is 0 Å². The number of rotatable bonds is 7. The molecule has 0 radical (unpaired) electrons. The summed E-state index contributed by atoms with van der Waals surface area (Å²) in [5.41, 5.74) is 1.91. The molecule has 2 rings (SSSR count). The smallest absolute Gasteiger partial charge is 0.121 e. The largest absolute Gasteiger partial charge is 0.508 e. The maximum atomic E-state index is 9.74. The van der Waals surface area contributed by atoms with Crippen LogP contribution in [0.3, 0.4) is 0 Å². The van der Waals surface area contributed by atoms with Gasteiger partial charge in [-0.1, -0.05) is 56.2 Å². The lowest BCUT2D eigenvalue weighted by atomic mass is 10.0. The van der Waals surface area contributed by atoms with E-state index < -0.39 is 0 Å². The van der Waals surface area contributed by atoms with E-state index in [1.807, 2.05) is 36.4 Å². The molecule has 2 N–H and O–H groups in total. The van der Waals surface area contributed by atoms with Crippen LogP contribution >= 0.6 is 0 Å². The van der Waals surface area contributed by atoms with E-state index in [0.717, 1.165) is 30.4 Å². The summed E-state index contributed by atoms with van der Waals surface area (Å²) >= 11 is 0. The lowest BCUT2D eigenvalue weighted by molar-refractivity contribution is 0.0984. The lowest BCUT2D eigenvalue weighted by Crippen LogP contribution is -2.03. The first-order chi connectivity index (χ1) is 10.2. The minimum atomic E-state index is -0.241. The third kappa shape index (κ3) is 4.45. The highest BCUT2D eigenvalue weighted by molar-refractivity contribution is 5.43. The van der Waals surface area contributed by atoms with Gasteiger partial charge in [-0.05, 0) is 24.5 Å². The zero-order valence-corrected chi connectivity index (χ0v) is 12.5. The lowest BCUT2D eigenvalue weighted by Gasteiger charge is -2.06. The Labute approximate surface area is 126 Å². The molecule has 0 saturated carbocycles. The number of allylic oxidation sites excluding steroid dienone is 2. The number of benzene rings is 1. The second kappa shape index (κ2) is 8.01. The summed E-state index contributed by atoms with van der Waals surface area (Å²) in [5, 5.41) is 19.5. The van der Waals surface area contributed by atoms with Crippen molar-refractivity contribution in [2.24, 2.45) is 0 Å². The molecule has 0 amide bonds. The van der Waals surface area contributed by atoms with Crippen molar-refractivity contribution in [3.05, 3.63) is 53.6 Å². The molecule has 21 heavy (non-hydrogen) atoms. The Morgan fingerprint density at radius 2 is 2.24 bits per heavy atom. The number of ether oxygens (including phenoxy) is 1. The van der Waals surface area contributed by atoms with Gasteiger partial charge in [0.25, 0.3) is 0 Å². The number of hydrogen-bond acceptors (Lipinski definition) is 3. The molecule has 3 nitrogen and oxygen atoms in total. The summed E-state index contributed by atoms with van der Waals surface area (Å²) < 4.78 is 5.65. The van der Waals surface area contributed by atoms with Crippen LogP contribution in [0.1, 0.15) is 49.8 Å². The average Bonchev–Trinajstić information content (AvgIpc) is 2.89. The molecule has 1 aromatic rings. The Balaban J connectivity index is 1.83. The molecule has 0 bridgehead atoms. The highest BCUT2D eigenvalue weighted by atomic mass is 16.5. The van der Waals surface area contributed by atoms with E-state index in [9.17, 15) is 10.2 Å². The van der Waals surface area contributed by atoms with Gasteiger partial charge in [0.1, 0.15) is 11.9 Å². The molecule has 3 heteroatoms. The maximum Gasteiger partial charge on any atom is 0.121 e. The fourth-order valence-corrected chi connectivity index (χ4v) is 2.47. The molecule has 0 saturated heterocycles. The average molecular weight is 288 g/mol. The highest BCUT2D eigenvalue weighted by Crippen LogP contribution is 2.36. The van der Waals surface area contributed by atoms with Gasteiger partial charge in [0.05, 0.1) is 12.7 Å². The molecule has 1 aromatic carbocycles. The molecule has 0 aromatic heterocycles. The van der Waals surface area contributed by atoms with Gasteiger partial charge in [0.15, 0.2) is 0 Å². The summed E-state index contributed by atoms with van der Waals surface area (Å²) in [6.45, 7) is 2.58. The Morgan fingerprint density at radius 1 is 1.38 bits per heavy atom. The first-order valence-corrected chi connectivity index (χ1v) is 7.66. The minimum absolute atomic E-state index is 0.0956. The Morgan fingerprint density at radius 3 is 3.05 bits per heavy atom. The van der Waals surface area contributed by atoms with Crippen LogP contribution < -0.4 is 0 Å². The molecule has 0 spiro atoms. The van der Waals surface area contributed by atoms with Crippen LogP contribution in [0.4, 0.5) is 0 Å². The van der Waals surface area contributed by atoms with Crippen LogP contribution in [0.15, 0.2) is 42.5 Å². The maximum absolute atomic E-state index is 9.74. The predicted molar refractivity (Wildman–Crippen MR) is 84.1 cm³/mol. The number of aliphatic hydroxyl groups is 1. The Kier molecular flexibility index (Phi) is 6.03. The van der Waals surface area contributed by atoms with Crippen molar-refractivity contribution in [1.82, 2.24) is 0 Å². The summed E-state index contributed by atoms with van der Waals surface area (Å²) in [5.74, 6) is 0.304. The van der Waals surface area contributed by atoms with Crippen molar-refractivity contribution < 1.29 is 14.9 Å². The zero-order chi connectivity index (χ0) is 15.1. The van der Waals surface area contributed by atoms with E-state index in [-0.39, 0.29) is 12.2 Å². The van der Waals surface area contributed by atoms with Crippen molar-refractivity contribution in [2.45, 2.75) is 51.4 Å². The van der Waals surface area contributed by atoms with Gasteiger partial charge in [-0.3, -0.25) is 0 Å². The molecule has 2 atom stereocenters. The molecule has 2 unspecified atom stereocenters. The predicted octanol–water partition coefficient (Wildman–Crippen LogP) is 4.02. The molecule has 1 heterocycles. The van der Waals surface area contributed by atoms with E-state index >= 15 is 0 Å². The molecule has 1 aliphatic heterocycles. The van der Waals surface area contributed by atoms with Gasteiger partial charge in [-0.2, -0.15) is 0 Å². The quantitative estimate of drug-likeness (QED) is 0.745. The van der Waals surface area contributed by atoms with Crippen LogP contribution in [0.2, 0.25) is 0 Å². The first-order valence-electron chi connectivity index (χ1n) is 7.66. The zero-order valence-electron chi connectivity index (χ0n) is 12.5. The second-order valence-electron chi connectivity index (χ2n) is 5.42. The number of hydrogen-bond donors (Lipinski definition) is 2. The number of aliphatic hydroxyl groups excluding tert-OH is 1. The van der Waals surface area contributed by atoms with Gasteiger partial charge >= 0.3 is 0 Å². The molecular formula is C18H24O3. The van der Waals surface area contributed by atoms with Gasteiger partial charge in [0, 0.05) is 5.56 Å². The van der Waals surface area contributed by atoms with Crippen LogP contribution in [0, 0.1) is 0 Å². The normalized spacial score (nSPS) is 19.4.